The fraction of sp³-hybridized carbons (Fsp3) is 0.438. The lowest BCUT2D eigenvalue weighted by atomic mass is 10.1. The summed E-state index contributed by atoms with van der Waals surface area (Å²) in [5.74, 6) is -0.930. The zero-order valence-electron chi connectivity index (χ0n) is 12.3. The Hall–Kier alpha value is -1.33. The van der Waals surface area contributed by atoms with Crippen molar-refractivity contribution in [2.24, 2.45) is 0 Å². The van der Waals surface area contributed by atoms with Gasteiger partial charge in [0.15, 0.2) is 0 Å². The van der Waals surface area contributed by atoms with Crippen LogP contribution >= 0.6 is 15.9 Å². The normalized spacial score (nSPS) is 15.7. The lowest BCUT2D eigenvalue weighted by molar-refractivity contribution is -0.131. The molecule has 1 saturated heterocycles. The fourth-order valence-electron chi connectivity index (χ4n) is 2.59. The van der Waals surface area contributed by atoms with Gasteiger partial charge in [-0.15, -0.1) is 0 Å². The first kappa shape index (κ1) is 16.0. The maximum atomic E-state index is 10.7. The Balaban J connectivity index is 2.07. The topological polar surface area (TPSA) is 43.8 Å². The van der Waals surface area contributed by atoms with Gasteiger partial charge in [0.1, 0.15) is 0 Å². The average Bonchev–Trinajstić information content (AvgIpc) is 2.96. The van der Waals surface area contributed by atoms with E-state index < -0.39 is 5.97 Å². The molecule has 0 aliphatic carbocycles. The van der Waals surface area contributed by atoms with Gasteiger partial charge >= 0.3 is 5.97 Å². The second-order valence-electron chi connectivity index (χ2n) is 5.35. The summed E-state index contributed by atoms with van der Waals surface area (Å²) in [4.78, 5) is 15.4. The molecule has 5 heteroatoms. The van der Waals surface area contributed by atoms with Crippen LogP contribution in [0.2, 0.25) is 0 Å². The highest BCUT2D eigenvalue weighted by atomic mass is 79.9. The predicted molar refractivity (Wildman–Crippen MR) is 89.8 cm³/mol. The number of carbonyl (C=O) groups is 1. The Morgan fingerprint density at radius 3 is 2.81 bits per heavy atom. The number of benzene rings is 1. The minimum absolute atomic E-state index is 0.913. The van der Waals surface area contributed by atoms with E-state index in [-0.39, 0.29) is 0 Å². The number of hydrogen-bond donors (Lipinski definition) is 1. The highest BCUT2D eigenvalue weighted by molar-refractivity contribution is 9.10. The van der Waals surface area contributed by atoms with Crippen molar-refractivity contribution in [1.29, 1.82) is 0 Å². The maximum Gasteiger partial charge on any atom is 0.328 e. The molecule has 0 spiro atoms. The monoisotopic (exact) mass is 352 g/mol. The van der Waals surface area contributed by atoms with Crippen molar-refractivity contribution in [3.8, 4) is 0 Å². The van der Waals surface area contributed by atoms with Crippen molar-refractivity contribution in [1.82, 2.24) is 4.90 Å². The quantitative estimate of drug-likeness (QED) is 0.799. The number of carboxylic acids is 1. The van der Waals surface area contributed by atoms with E-state index >= 15 is 0 Å². The van der Waals surface area contributed by atoms with Crippen molar-refractivity contribution >= 4 is 33.7 Å². The Morgan fingerprint density at radius 1 is 1.43 bits per heavy atom. The van der Waals surface area contributed by atoms with Crippen LogP contribution in [0, 0.1) is 0 Å². The van der Waals surface area contributed by atoms with Crippen LogP contribution in [-0.4, -0.2) is 49.2 Å². The molecule has 1 fully saturated rings. The van der Waals surface area contributed by atoms with E-state index in [0.29, 0.717) is 0 Å². The molecule has 4 nitrogen and oxygen atoms in total. The number of rotatable bonds is 6. The lowest BCUT2D eigenvalue weighted by Crippen LogP contribution is -2.31. The second-order valence-corrected chi connectivity index (χ2v) is 6.26. The molecule has 1 aromatic carbocycles. The van der Waals surface area contributed by atoms with Crippen LogP contribution < -0.4 is 4.90 Å². The minimum Gasteiger partial charge on any atom is -0.478 e. The zero-order chi connectivity index (χ0) is 15.2. The summed E-state index contributed by atoms with van der Waals surface area (Å²) < 4.78 is 0.948. The van der Waals surface area contributed by atoms with Gasteiger partial charge in [-0.25, -0.2) is 4.79 Å². The van der Waals surface area contributed by atoms with Gasteiger partial charge in [0.2, 0.25) is 0 Å². The molecule has 0 atom stereocenters. The van der Waals surface area contributed by atoms with Gasteiger partial charge in [-0.3, -0.25) is 0 Å². The SMILES string of the molecule is CN(CCN1CCCC1)c1ccc(Br)cc1/C=C/C(=O)O. The van der Waals surface area contributed by atoms with E-state index in [9.17, 15) is 4.79 Å². The van der Waals surface area contributed by atoms with Crippen LogP contribution in [0.3, 0.4) is 0 Å². The number of likely N-dealkylation sites (tertiary alicyclic amines) is 1. The molecule has 21 heavy (non-hydrogen) atoms. The van der Waals surface area contributed by atoms with E-state index in [1.807, 2.05) is 18.2 Å². The van der Waals surface area contributed by atoms with Crippen LogP contribution in [0.1, 0.15) is 18.4 Å². The second kappa shape index (κ2) is 7.61. The van der Waals surface area contributed by atoms with Gasteiger partial charge < -0.3 is 14.9 Å². The molecule has 0 radical (unpaired) electrons. The molecule has 114 valence electrons. The third-order valence-corrected chi connectivity index (χ3v) is 4.25. The molecule has 0 unspecified atom stereocenters. The molecule has 1 aliphatic heterocycles. The summed E-state index contributed by atoms with van der Waals surface area (Å²) >= 11 is 3.44. The number of aliphatic carboxylic acids is 1. The molecule has 1 aliphatic rings. The van der Waals surface area contributed by atoms with Crippen molar-refractivity contribution in [2.75, 3.05) is 38.1 Å². The van der Waals surface area contributed by atoms with Crippen LogP contribution in [0.25, 0.3) is 6.08 Å². The number of likely N-dealkylation sites (N-methyl/N-ethyl adjacent to an activating group) is 1. The molecular formula is C16H21BrN2O2. The summed E-state index contributed by atoms with van der Waals surface area (Å²) in [6, 6.07) is 5.95. The van der Waals surface area contributed by atoms with Crippen LogP contribution in [0.15, 0.2) is 28.7 Å². The van der Waals surface area contributed by atoms with E-state index in [4.69, 9.17) is 5.11 Å². The first-order valence-corrected chi connectivity index (χ1v) is 7.99. The van der Waals surface area contributed by atoms with E-state index in [0.717, 1.165) is 28.8 Å². The highest BCUT2D eigenvalue weighted by Gasteiger charge is 2.13. The van der Waals surface area contributed by atoms with E-state index in [2.05, 4.69) is 32.8 Å². The molecule has 0 amide bonds. The summed E-state index contributed by atoms with van der Waals surface area (Å²) in [6.45, 7) is 4.38. The standard InChI is InChI=1S/C16H21BrN2O2/c1-18(10-11-19-8-2-3-9-19)15-6-5-14(17)12-13(15)4-7-16(20)21/h4-7,12H,2-3,8-11H2,1H3,(H,20,21)/b7-4+. The molecule has 1 heterocycles. The Kier molecular flexibility index (Phi) is 5.82. The zero-order valence-corrected chi connectivity index (χ0v) is 13.8. The van der Waals surface area contributed by atoms with Crippen molar-refractivity contribution in [3.05, 3.63) is 34.3 Å². The number of hydrogen-bond acceptors (Lipinski definition) is 3. The smallest absolute Gasteiger partial charge is 0.328 e. The molecule has 1 N–H and O–H groups in total. The summed E-state index contributed by atoms with van der Waals surface area (Å²) in [6.07, 6.45) is 5.43. The predicted octanol–water partition coefficient (Wildman–Crippen LogP) is 3.08. The van der Waals surface area contributed by atoms with Crippen molar-refractivity contribution < 1.29 is 9.90 Å². The largest absolute Gasteiger partial charge is 0.478 e. The van der Waals surface area contributed by atoms with Gasteiger partial charge in [-0.05, 0) is 55.8 Å². The van der Waals surface area contributed by atoms with Gasteiger partial charge in [0.25, 0.3) is 0 Å². The number of nitrogens with zero attached hydrogens (tertiary/aromatic N) is 2. The number of anilines is 1. The van der Waals surface area contributed by atoms with Crippen molar-refractivity contribution in [3.63, 3.8) is 0 Å². The first-order valence-electron chi connectivity index (χ1n) is 7.20. The third-order valence-electron chi connectivity index (χ3n) is 3.76. The summed E-state index contributed by atoms with van der Waals surface area (Å²) in [5, 5.41) is 8.80. The maximum absolute atomic E-state index is 10.7. The Morgan fingerprint density at radius 2 is 2.14 bits per heavy atom. The van der Waals surface area contributed by atoms with Crippen molar-refractivity contribution in [2.45, 2.75) is 12.8 Å². The first-order chi connectivity index (χ1) is 10.1. The molecular weight excluding hydrogens is 332 g/mol. The van der Waals surface area contributed by atoms with Gasteiger partial charge in [-0.2, -0.15) is 0 Å². The van der Waals surface area contributed by atoms with Gasteiger partial charge in [-0.1, -0.05) is 15.9 Å². The summed E-state index contributed by atoms with van der Waals surface area (Å²) in [7, 11) is 2.05. The minimum atomic E-state index is -0.930. The van der Waals surface area contributed by atoms with E-state index in [1.165, 1.54) is 32.0 Å². The number of carboxylic acid groups (broad SMARTS) is 1. The van der Waals surface area contributed by atoms with Crippen LogP contribution in [-0.2, 0) is 4.79 Å². The average molecular weight is 353 g/mol. The van der Waals surface area contributed by atoms with Gasteiger partial charge in [0.05, 0.1) is 0 Å². The molecule has 0 saturated carbocycles. The molecule has 0 bridgehead atoms. The Bertz CT molecular complexity index is 525. The molecule has 2 rings (SSSR count). The molecule has 1 aromatic rings. The highest BCUT2D eigenvalue weighted by Crippen LogP contribution is 2.25. The van der Waals surface area contributed by atoms with Gasteiger partial charge in [0, 0.05) is 36.4 Å². The molecule has 0 aromatic heterocycles. The van der Waals surface area contributed by atoms with Crippen LogP contribution in [0.5, 0.6) is 0 Å². The third kappa shape index (κ3) is 4.86. The van der Waals surface area contributed by atoms with Crippen LogP contribution in [0.4, 0.5) is 5.69 Å². The van der Waals surface area contributed by atoms with E-state index in [1.54, 1.807) is 6.08 Å². The Labute approximate surface area is 134 Å². The fourth-order valence-corrected chi connectivity index (χ4v) is 2.96. The summed E-state index contributed by atoms with van der Waals surface area (Å²) in [5.41, 5.74) is 1.96. The lowest BCUT2D eigenvalue weighted by Gasteiger charge is -2.24. The number of halogens is 1.